The molecule has 10 nitrogen and oxygen atoms in total. The smallest absolute Gasteiger partial charge is 0.251 e. The molecule has 30 heavy (non-hydrogen) atoms. The highest BCUT2D eigenvalue weighted by Crippen LogP contribution is 2.33. The van der Waals surface area contributed by atoms with Crippen molar-refractivity contribution >= 4 is 57.1 Å². The third kappa shape index (κ3) is 3.95. The summed E-state index contributed by atoms with van der Waals surface area (Å²) >= 11 is 8.31. The number of carbonyl (C=O) groups excluding carboxylic acids is 1. The minimum atomic E-state index is -2.77. The molecular weight excluding hydrogens is 528 g/mol. The molecule has 0 saturated carbocycles. The Morgan fingerprint density at radius 1 is 1.40 bits per heavy atom. The van der Waals surface area contributed by atoms with Crippen LogP contribution in [0.4, 0.5) is 5.82 Å². The van der Waals surface area contributed by atoms with Crippen LogP contribution in [0, 0.1) is 3.57 Å². The Kier molecular flexibility index (Phi) is 5.04. The van der Waals surface area contributed by atoms with Crippen LogP contribution in [-0.2, 0) is 16.1 Å². The van der Waals surface area contributed by atoms with E-state index in [-0.39, 0.29) is 10.9 Å². The van der Waals surface area contributed by atoms with Crippen molar-refractivity contribution in [2.24, 2.45) is 0 Å². The summed E-state index contributed by atoms with van der Waals surface area (Å²) in [6.45, 7) is -2.34. The normalized spacial score (nSPS) is 25.5. The van der Waals surface area contributed by atoms with Gasteiger partial charge in [0.05, 0.1) is 6.33 Å². The van der Waals surface area contributed by atoms with E-state index >= 15 is 0 Å². The number of rotatable bonds is 5. The zero-order valence-corrected chi connectivity index (χ0v) is 18.1. The maximum atomic E-state index is 12.2. The number of aliphatic hydroxyl groups is 2. The molecule has 3 heterocycles. The Balaban J connectivity index is 1.60. The molecule has 158 valence electrons. The SMILES string of the molecule is [2H][13C]([2H])([2H])NC(=O)[C@H]1O[C@@H](n2cnc3c(NCc4cccc(I)c4)nc(Cl)nc32)[C@H](O)[C@@H]1O. The molecule has 0 spiro atoms. The summed E-state index contributed by atoms with van der Waals surface area (Å²) < 4.78 is 29.3. The maximum absolute atomic E-state index is 12.2. The molecule has 1 aromatic carbocycles. The monoisotopic (exact) mass is 548 g/mol. The largest absolute Gasteiger partial charge is 0.387 e. The van der Waals surface area contributed by atoms with Gasteiger partial charge in [-0.3, -0.25) is 9.36 Å². The number of amides is 1. The number of fused-ring (bicyclic) bond motifs is 1. The average molecular weight is 549 g/mol. The maximum Gasteiger partial charge on any atom is 0.251 e. The first kappa shape index (κ1) is 17.6. The summed E-state index contributed by atoms with van der Waals surface area (Å²) in [5, 5.41) is 25.6. The van der Waals surface area contributed by atoms with E-state index in [1.54, 1.807) is 5.32 Å². The molecule has 0 aliphatic carbocycles. The lowest BCUT2D eigenvalue weighted by atomic mass is 10.1. The molecule has 4 N–H and O–H groups in total. The number of imidazole rings is 1. The Morgan fingerprint density at radius 2 is 2.23 bits per heavy atom. The van der Waals surface area contributed by atoms with E-state index in [4.69, 9.17) is 20.5 Å². The van der Waals surface area contributed by atoms with Crippen LogP contribution in [0.15, 0.2) is 30.6 Å². The standard InChI is InChI=1S/C18H18ClIN6O4/c1-21-16(29)13-11(27)12(28)17(30-13)26-7-23-10-14(24-18(19)25-15(10)26)22-6-8-3-2-4-9(20)5-8/h2-5,7,11-13,17,27-28H,6H2,1H3,(H,21,29)(H,22,24,25)/t11-,12+,13-,17+/m0/s1/i1+1D3. The molecule has 2 aromatic heterocycles. The summed E-state index contributed by atoms with van der Waals surface area (Å²) in [6, 6.07) is 7.85. The minimum absolute atomic E-state index is 0.0980. The number of nitrogens with zero attached hydrogens (tertiary/aromatic N) is 4. The van der Waals surface area contributed by atoms with Gasteiger partial charge in [0.1, 0.15) is 12.2 Å². The van der Waals surface area contributed by atoms with Gasteiger partial charge in [0.25, 0.3) is 5.91 Å². The summed E-state index contributed by atoms with van der Waals surface area (Å²) in [5.74, 6) is -0.742. The predicted molar refractivity (Wildman–Crippen MR) is 117 cm³/mol. The molecule has 1 saturated heterocycles. The van der Waals surface area contributed by atoms with Crippen LogP contribution in [0.25, 0.3) is 11.2 Å². The number of carbonyl (C=O) groups is 1. The van der Waals surface area contributed by atoms with Gasteiger partial charge < -0.3 is 25.6 Å². The number of likely N-dealkylation sites (N-methyl/N-ethyl adjacent to an activating group) is 1. The number of nitrogens with one attached hydrogen (secondary N) is 2. The topological polar surface area (TPSA) is 134 Å². The average Bonchev–Trinajstić information content (AvgIpc) is 3.26. The molecular formula is C18H18ClIN6O4. The van der Waals surface area contributed by atoms with E-state index in [0.29, 0.717) is 17.9 Å². The first-order chi connectivity index (χ1) is 15.5. The second-order valence-corrected chi connectivity index (χ2v) is 8.15. The van der Waals surface area contributed by atoms with Gasteiger partial charge in [-0.15, -0.1) is 0 Å². The van der Waals surface area contributed by atoms with Gasteiger partial charge in [-0.25, -0.2) is 4.98 Å². The lowest BCUT2D eigenvalue weighted by Crippen LogP contribution is -2.41. The number of hydrogen-bond donors (Lipinski definition) is 4. The molecule has 1 fully saturated rings. The molecule has 4 atom stereocenters. The van der Waals surface area contributed by atoms with Crippen molar-refractivity contribution < 1.29 is 23.9 Å². The van der Waals surface area contributed by atoms with Crippen molar-refractivity contribution in [1.82, 2.24) is 24.8 Å². The van der Waals surface area contributed by atoms with Gasteiger partial charge in [0, 0.05) is 21.2 Å². The quantitative estimate of drug-likeness (QED) is 0.211. The van der Waals surface area contributed by atoms with E-state index in [1.807, 2.05) is 24.3 Å². The highest BCUT2D eigenvalue weighted by molar-refractivity contribution is 14.1. The van der Waals surface area contributed by atoms with E-state index < -0.39 is 37.4 Å². The molecule has 0 bridgehead atoms. The molecule has 0 radical (unpaired) electrons. The number of aromatic nitrogens is 4. The molecule has 0 unspecified atom stereocenters. The van der Waals surface area contributed by atoms with E-state index in [2.05, 4.69) is 42.9 Å². The summed E-state index contributed by atoms with van der Waals surface area (Å²) in [4.78, 5) is 24.8. The van der Waals surface area contributed by atoms with Crippen LogP contribution >= 0.6 is 34.2 Å². The Labute approximate surface area is 194 Å². The second-order valence-electron chi connectivity index (χ2n) is 6.57. The van der Waals surface area contributed by atoms with E-state index in [1.165, 1.54) is 10.9 Å². The van der Waals surface area contributed by atoms with Crippen molar-refractivity contribution in [3.63, 3.8) is 0 Å². The highest BCUT2D eigenvalue weighted by Gasteiger charge is 2.47. The van der Waals surface area contributed by atoms with Gasteiger partial charge in [-0.05, 0) is 51.9 Å². The minimum Gasteiger partial charge on any atom is -0.387 e. The van der Waals surface area contributed by atoms with E-state index in [0.717, 1.165) is 9.13 Å². The van der Waals surface area contributed by atoms with Crippen LogP contribution in [-0.4, -0.2) is 60.9 Å². The predicted octanol–water partition coefficient (Wildman–Crippen LogP) is 1.06. The van der Waals surface area contributed by atoms with E-state index in [9.17, 15) is 15.0 Å². The van der Waals surface area contributed by atoms with Gasteiger partial charge >= 0.3 is 0 Å². The number of halogens is 2. The van der Waals surface area contributed by atoms with Gasteiger partial charge in [0.15, 0.2) is 29.3 Å². The fraction of sp³-hybridized carbons (Fsp3) is 0.333. The summed E-state index contributed by atoms with van der Waals surface area (Å²) in [5.41, 5.74) is 1.52. The Morgan fingerprint density at radius 3 is 3.00 bits per heavy atom. The Bertz CT molecular complexity index is 1200. The van der Waals surface area contributed by atoms with Crippen molar-refractivity contribution in [3.05, 3.63) is 45.0 Å². The molecule has 3 aromatic rings. The summed E-state index contributed by atoms with van der Waals surface area (Å²) in [7, 11) is 0. The summed E-state index contributed by atoms with van der Waals surface area (Å²) in [6.07, 6.45) is -4.82. The third-order valence-corrected chi connectivity index (χ3v) is 5.48. The molecule has 1 aliphatic heterocycles. The third-order valence-electron chi connectivity index (χ3n) is 4.64. The van der Waals surface area contributed by atoms with Gasteiger partial charge in [0.2, 0.25) is 5.28 Å². The molecule has 1 amide bonds. The van der Waals surface area contributed by atoms with Gasteiger partial charge in [-0.1, -0.05) is 12.1 Å². The van der Waals surface area contributed by atoms with Crippen LogP contribution in [0.3, 0.4) is 0 Å². The highest BCUT2D eigenvalue weighted by atomic mass is 127. The first-order valence-corrected chi connectivity index (χ1v) is 10.2. The second kappa shape index (κ2) is 8.59. The molecule has 4 rings (SSSR count). The molecule has 12 heteroatoms. The Hall–Kier alpha value is -2.06. The van der Waals surface area contributed by atoms with Crippen molar-refractivity contribution in [2.75, 3.05) is 12.3 Å². The lowest BCUT2D eigenvalue weighted by Gasteiger charge is -2.16. The van der Waals surface area contributed by atoms with Crippen LogP contribution < -0.4 is 10.6 Å². The fourth-order valence-electron chi connectivity index (χ4n) is 3.21. The van der Waals surface area contributed by atoms with Crippen molar-refractivity contribution in [2.45, 2.75) is 31.1 Å². The number of aliphatic hydroxyl groups excluding tert-OH is 2. The first-order valence-electron chi connectivity index (χ1n) is 10.3. The van der Waals surface area contributed by atoms with Crippen LogP contribution in [0.1, 0.15) is 15.9 Å². The van der Waals surface area contributed by atoms with Crippen LogP contribution in [0.5, 0.6) is 0 Å². The lowest BCUT2D eigenvalue weighted by molar-refractivity contribution is -0.137. The van der Waals surface area contributed by atoms with Gasteiger partial charge in [-0.2, -0.15) is 9.97 Å². The number of ether oxygens (including phenoxy) is 1. The van der Waals surface area contributed by atoms with Crippen molar-refractivity contribution in [3.8, 4) is 0 Å². The fourth-order valence-corrected chi connectivity index (χ4v) is 3.98. The zero-order chi connectivity index (χ0) is 23.9. The van der Waals surface area contributed by atoms with Crippen molar-refractivity contribution in [1.29, 1.82) is 0 Å². The van der Waals surface area contributed by atoms with Crippen LogP contribution in [0.2, 0.25) is 5.28 Å². The molecule has 1 aliphatic rings. The number of anilines is 1. The number of hydrogen-bond acceptors (Lipinski definition) is 8. The number of benzene rings is 1. The zero-order valence-electron chi connectivity index (χ0n) is 18.2.